The molecule has 0 fully saturated rings. The molecule has 3 heteroatoms. The third-order valence-electron chi connectivity index (χ3n) is 3.58. The Hall–Kier alpha value is -1.51. The molecule has 0 saturated carbocycles. The van der Waals surface area contributed by atoms with Crippen LogP contribution in [0.25, 0.3) is 0 Å². The van der Waals surface area contributed by atoms with Crippen molar-refractivity contribution in [2.24, 2.45) is 5.73 Å². The molecule has 0 radical (unpaired) electrons. The van der Waals surface area contributed by atoms with E-state index in [1.807, 2.05) is 31.2 Å². The molecule has 0 amide bonds. The molecule has 21 heavy (non-hydrogen) atoms. The molecule has 0 saturated heterocycles. The van der Waals surface area contributed by atoms with Crippen LogP contribution in [0.2, 0.25) is 5.02 Å². The van der Waals surface area contributed by atoms with Gasteiger partial charge in [-0.25, -0.2) is 0 Å². The van der Waals surface area contributed by atoms with Gasteiger partial charge >= 0.3 is 0 Å². The highest BCUT2D eigenvalue weighted by molar-refractivity contribution is 6.30. The zero-order valence-electron chi connectivity index (χ0n) is 12.8. The van der Waals surface area contributed by atoms with E-state index in [0.29, 0.717) is 0 Å². The van der Waals surface area contributed by atoms with Gasteiger partial charge in [0.1, 0.15) is 11.5 Å². The fraction of sp³-hybridized carbons (Fsp3) is 0.333. The summed E-state index contributed by atoms with van der Waals surface area (Å²) in [5.74, 6) is 1.70. The van der Waals surface area contributed by atoms with Crippen LogP contribution in [0.3, 0.4) is 0 Å². The molecule has 2 rings (SSSR count). The summed E-state index contributed by atoms with van der Waals surface area (Å²) in [5.41, 5.74) is 9.48. The molecule has 0 spiro atoms. The zero-order valence-corrected chi connectivity index (χ0v) is 13.6. The van der Waals surface area contributed by atoms with E-state index in [2.05, 4.69) is 26.0 Å². The summed E-state index contributed by atoms with van der Waals surface area (Å²) in [6, 6.07) is 12.0. The summed E-state index contributed by atoms with van der Waals surface area (Å²) in [4.78, 5) is 0. The van der Waals surface area contributed by atoms with Crippen LogP contribution in [0, 0.1) is 13.8 Å². The van der Waals surface area contributed by atoms with Crippen molar-refractivity contribution < 1.29 is 4.74 Å². The van der Waals surface area contributed by atoms with Gasteiger partial charge < -0.3 is 10.5 Å². The van der Waals surface area contributed by atoms with E-state index in [4.69, 9.17) is 22.1 Å². The minimum atomic E-state index is 0.153. The molecule has 0 aliphatic heterocycles. The van der Waals surface area contributed by atoms with Gasteiger partial charge in [0.25, 0.3) is 0 Å². The van der Waals surface area contributed by atoms with E-state index in [9.17, 15) is 0 Å². The van der Waals surface area contributed by atoms with Crippen molar-refractivity contribution in [2.75, 3.05) is 0 Å². The molecular weight excluding hydrogens is 282 g/mol. The largest absolute Gasteiger partial charge is 0.457 e. The summed E-state index contributed by atoms with van der Waals surface area (Å²) in [7, 11) is 0. The number of ether oxygens (including phenoxy) is 1. The number of nitrogens with two attached hydrogens (primary N) is 1. The highest BCUT2D eigenvalue weighted by Crippen LogP contribution is 2.30. The maximum Gasteiger partial charge on any atom is 0.130 e. The highest BCUT2D eigenvalue weighted by Gasteiger charge is 2.10. The van der Waals surface area contributed by atoms with Crippen molar-refractivity contribution in [3.63, 3.8) is 0 Å². The fourth-order valence-corrected chi connectivity index (χ4v) is 2.47. The Morgan fingerprint density at radius 3 is 2.48 bits per heavy atom. The van der Waals surface area contributed by atoms with Crippen LogP contribution in [0.15, 0.2) is 36.4 Å². The van der Waals surface area contributed by atoms with Gasteiger partial charge in [-0.1, -0.05) is 36.2 Å². The first kappa shape index (κ1) is 15.9. The van der Waals surface area contributed by atoms with Crippen molar-refractivity contribution in [2.45, 2.75) is 39.7 Å². The molecule has 2 N–H and O–H groups in total. The summed E-state index contributed by atoms with van der Waals surface area (Å²) >= 11 is 5.99. The van der Waals surface area contributed by atoms with Crippen LogP contribution in [0.4, 0.5) is 0 Å². The van der Waals surface area contributed by atoms with Crippen LogP contribution < -0.4 is 10.5 Å². The number of aryl methyl sites for hydroxylation is 2. The van der Waals surface area contributed by atoms with Gasteiger partial charge in [0.05, 0.1) is 0 Å². The molecule has 1 unspecified atom stereocenters. The van der Waals surface area contributed by atoms with E-state index in [1.165, 1.54) is 5.56 Å². The van der Waals surface area contributed by atoms with Gasteiger partial charge in [-0.05, 0) is 62.1 Å². The fourth-order valence-electron chi connectivity index (χ4n) is 2.24. The van der Waals surface area contributed by atoms with E-state index < -0.39 is 0 Å². The SMILES string of the molecule is CCC(N)Cc1cc(C)ccc1Oc1ccc(Cl)cc1C. The Kier molecular flexibility index (Phi) is 5.27. The number of benzene rings is 2. The molecule has 112 valence electrons. The summed E-state index contributed by atoms with van der Waals surface area (Å²) < 4.78 is 6.08. The van der Waals surface area contributed by atoms with Crippen molar-refractivity contribution in [1.82, 2.24) is 0 Å². The van der Waals surface area contributed by atoms with Crippen molar-refractivity contribution in [3.8, 4) is 11.5 Å². The molecule has 0 aliphatic rings. The first-order chi connectivity index (χ1) is 9.99. The first-order valence-corrected chi connectivity index (χ1v) is 7.66. The predicted octanol–water partition coefficient (Wildman–Crippen LogP) is 5.03. The standard InChI is InChI=1S/C18H22ClNO/c1-4-16(20)11-14-9-12(2)5-7-18(14)21-17-8-6-15(19)10-13(17)3/h5-10,16H,4,11,20H2,1-3H3. The lowest BCUT2D eigenvalue weighted by molar-refractivity contribution is 0.468. The monoisotopic (exact) mass is 303 g/mol. The van der Waals surface area contributed by atoms with Crippen LogP contribution in [0.5, 0.6) is 11.5 Å². The third kappa shape index (κ3) is 4.23. The third-order valence-corrected chi connectivity index (χ3v) is 3.81. The molecule has 2 aromatic carbocycles. The van der Waals surface area contributed by atoms with Crippen LogP contribution >= 0.6 is 11.6 Å². The van der Waals surface area contributed by atoms with E-state index in [1.54, 1.807) is 0 Å². The average molecular weight is 304 g/mol. The molecule has 1 atom stereocenters. The maximum absolute atomic E-state index is 6.09. The average Bonchev–Trinajstić information content (AvgIpc) is 2.44. The van der Waals surface area contributed by atoms with Crippen LogP contribution in [0.1, 0.15) is 30.0 Å². The summed E-state index contributed by atoms with van der Waals surface area (Å²) in [5, 5.41) is 0.719. The molecule has 0 aromatic heterocycles. The van der Waals surface area contributed by atoms with Crippen molar-refractivity contribution in [1.29, 1.82) is 0 Å². The topological polar surface area (TPSA) is 35.2 Å². The number of hydrogen-bond acceptors (Lipinski definition) is 2. The number of rotatable bonds is 5. The van der Waals surface area contributed by atoms with Crippen LogP contribution in [-0.4, -0.2) is 6.04 Å². The normalized spacial score (nSPS) is 12.2. The van der Waals surface area contributed by atoms with Gasteiger partial charge in [-0.2, -0.15) is 0 Å². The molecule has 0 bridgehead atoms. The molecular formula is C18H22ClNO. The lowest BCUT2D eigenvalue weighted by atomic mass is 10.0. The van der Waals surface area contributed by atoms with Gasteiger partial charge in [0, 0.05) is 11.1 Å². The van der Waals surface area contributed by atoms with Crippen molar-refractivity contribution in [3.05, 3.63) is 58.1 Å². The predicted molar refractivity (Wildman–Crippen MR) is 89.4 cm³/mol. The summed E-state index contributed by atoms with van der Waals surface area (Å²) in [6.45, 7) is 6.18. The molecule has 2 aromatic rings. The molecule has 0 aliphatic carbocycles. The molecule has 0 heterocycles. The summed E-state index contributed by atoms with van der Waals surface area (Å²) in [6.07, 6.45) is 1.77. The minimum Gasteiger partial charge on any atom is -0.457 e. The lowest BCUT2D eigenvalue weighted by Crippen LogP contribution is -2.21. The Labute approximate surface area is 131 Å². The van der Waals surface area contributed by atoms with Gasteiger partial charge in [-0.15, -0.1) is 0 Å². The quantitative estimate of drug-likeness (QED) is 0.841. The van der Waals surface area contributed by atoms with Gasteiger partial charge in [0.15, 0.2) is 0 Å². The van der Waals surface area contributed by atoms with Gasteiger partial charge in [0.2, 0.25) is 0 Å². The van der Waals surface area contributed by atoms with E-state index in [-0.39, 0.29) is 6.04 Å². The number of hydrogen-bond donors (Lipinski definition) is 1. The smallest absolute Gasteiger partial charge is 0.130 e. The Bertz CT molecular complexity index is 625. The second-order valence-electron chi connectivity index (χ2n) is 5.50. The molecule has 2 nitrogen and oxygen atoms in total. The lowest BCUT2D eigenvalue weighted by Gasteiger charge is -2.16. The maximum atomic E-state index is 6.09. The Morgan fingerprint density at radius 2 is 1.81 bits per heavy atom. The Morgan fingerprint density at radius 1 is 1.10 bits per heavy atom. The highest BCUT2D eigenvalue weighted by atomic mass is 35.5. The first-order valence-electron chi connectivity index (χ1n) is 7.28. The second-order valence-corrected chi connectivity index (χ2v) is 5.93. The second kappa shape index (κ2) is 6.97. The number of halogens is 1. The Balaban J connectivity index is 2.30. The van der Waals surface area contributed by atoms with Gasteiger partial charge in [-0.3, -0.25) is 0 Å². The van der Waals surface area contributed by atoms with Crippen LogP contribution in [-0.2, 0) is 6.42 Å². The van der Waals surface area contributed by atoms with E-state index >= 15 is 0 Å². The zero-order chi connectivity index (χ0) is 15.4. The van der Waals surface area contributed by atoms with E-state index in [0.717, 1.165) is 40.5 Å². The van der Waals surface area contributed by atoms with Crippen molar-refractivity contribution >= 4 is 11.6 Å². The minimum absolute atomic E-state index is 0.153.